The summed E-state index contributed by atoms with van der Waals surface area (Å²) in [4.78, 5) is 12.0. The van der Waals surface area contributed by atoms with Gasteiger partial charge in [0.1, 0.15) is 5.76 Å². The lowest BCUT2D eigenvalue weighted by atomic mass is 9.47. The van der Waals surface area contributed by atoms with Crippen LogP contribution in [-0.4, -0.2) is 19.5 Å². The lowest BCUT2D eigenvalue weighted by Gasteiger charge is -2.57. The number of carbonyl (C=O) groups is 1. The van der Waals surface area contributed by atoms with Crippen LogP contribution < -0.4 is 0 Å². The van der Waals surface area contributed by atoms with Gasteiger partial charge in [0, 0.05) is 11.7 Å². The van der Waals surface area contributed by atoms with Crippen LogP contribution in [0, 0.1) is 28.6 Å². The van der Waals surface area contributed by atoms with Gasteiger partial charge in [-0.3, -0.25) is 4.79 Å². The first-order chi connectivity index (χ1) is 13.6. The highest BCUT2D eigenvalue weighted by Gasteiger charge is 2.58. The van der Waals surface area contributed by atoms with Crippen molar-refractivity contribution in [3.8, 4) is 0 Å². The van der Waals surface area contributed by atoms with E-state index in [9.17, 15) is 4.79 Å². The van der Waals surface area contributed by atoms with Gasteiger partial charge in [-0.2, -0.15) is 0 Å². The van der Waals surface area contributed by atoms with Crippen molar-refractivity contribution >= 4 is 12.9 Å². The van der Waals surface area contributed by atoms with Gasteiger partial charge < -0.3 is 9.31 Å². The van der Waals surface area contributed by atoms with E-state index in [4.69, 9.17) is 9.31 Å². The standard InChI is InChI=1S/C25H37BO3/c1-23(2,3)26-28-15-22(29-26)21-9-8-19-18-7-6-16-14-17(27)10-12-24(16,4)20(18)11-13-25(19,21)5/h14,18-20H,6-13,15H2,1-5H3/b22-21+. The second-order valence-electron chi connectivity index (χ2n) is 12.0. The molecule has 1 saturated heterocycles. The molecule has 3 nitrogen and oxygen atoms in total. The number of rotatable bonds is 0. The van der Waals surface area contributed by atoms with Gasteiger partial charge in [0.25, 0.3) is 0 Å². The second kappa shape index (κ2) is 6.49. The highest BCUT2D eigenvalue weighted by Crippen LogP contribution is 2.67. The first-order valence-corrected chi connectivity index (χ1v) is 11.9. The van der Waals surface area contributed by atoms with Crippen LogP contribution in [0.4, 0.5) is 0 Å². The summed E-state index contributed by atoms with van der Waals surface area (Å²) in [5.41, 5.74) is 3.57. The molecule has 0 amide bonds. The fourth-order valence-corrected chi connectivity index (χ4v) is 7.76. The van der Waals surface area contributed by atoms with E-state index >= 15 is 0 Å². The molecule has 1 heterocycles. The van der Waals surface area contributed by atoms with Crippen molar-refractivity contribution in [1.29, 1.82) is 0 Å². The van der Waals surface area contributed by atoms with Crippen molar-refractivity contribution in [2.75, 3.05) is 6.61 Å². The van der Waals surface area contributed by atoms with Crippen molar-refractivity contribution < 1.29 is 14.1 Å². The second-order valence-corrected chi connectivity index (χ2v) is 12.0. The quantitative estimate of drug-likeness (QED) is 0.464. The fraction of sp³-hybridized carbons (Fsp3) is 0.800. The maximum Gasteiger partial charge on any atom is 0.531 e. The smallest absolute Gasteiger partial charge is 0.531 e. The maximum absolute atomic E-state index is 12.0. The number of hydrogen-bond acceptors (Lipinski definition) is 3. The maximum atomic E-state index is 12.0. The van der Waals surface area contributed by atoms with Gasteiger partial charge >= 0.3 is 7.12 Å². The molecule has 4 heteroatoms. The molecular formula is C25H37BO3. The van der Waals surface area contributed by atoms with Crippen LogP contribution in [0.2, 0.25) is 5.31 Å². The van der Waals surface area contributed by atoms with Crippen LogP contribution in [0.3, 0.4) is 0 Å². The molecule has 1 aliphatic heterocycles. The van der Waals surface area contributed by atoms with E-state index in [1.165, 1.54) is 37.7 Å². The molecule has 0 bridgehead atoms. The summed E-state index contributed by atoms with van der Waals surface area (Å²) >= 11 is 0. The van der Waals surface area contributed by atoms with Crippen LogP contribution in [0.15, 0.2) is 23.0 Å². The number of hydrogen-bond donors (Lipinski definition) is 0. The number of ketones is 1. The largest absolute Gasteiger partial charge is 0.537 e. The van der Waals surface area contributed by atoms with Gasteiger partial charge in [-0.25, -0.2) is 0 Å². The third-order valence-electron chi connectivity index (χ3n) is 9.41. The molecule has 0 aromatic carbocycles. The minimum absolute atomic E-state index is 0.0119. The Bertz CT molecular complexity index is 790. The molecule has 29 heavy (non-hydrogen) atoms. The topological polar surface area (TPSA) is 35.5 Å². The number of fused-ring (bicyclic) bond motifs is 5. The zero-order valence-electron chi connectivity index (χ0n) is 19.0. The first-order valence-electron chi connectivity index (χ1n) is 11.9. The van der Waals surface area contributed by atoms with E-state index in [1.54, 1.807) is 5.57 Å². The number of allylic oxidation sites excluding steroid dienone is 2. The number of carbonyl (C=O) groups excluding carboxylic acids is 1. The Morgan fingerprint density at radius 2 is 1.76 bits per heavy atom. The summed E-state index contributed by atoms with van der Waals surface area (Å²) in [5.74, 6) is 3.82. The predicted octanol–water partition coefficient (Wildman–Crippen LogP) is 6.11. The van der Waals surface area contributed by atoms with E-state index in [0.29, 0.717) is 12.4 Å². The van der Waals surface area contributed by atoms with E-state index in [1.807, 2.05) is 6.08 Å². The molecule has 5 aliphatic rings. The minimum atomic E-state index is -0.120. The van der Waals surface area contributed by atoms with E-state index < -0.39 is 0 Å². The van der Waals surface area contributed by atoms with Crippen LogP contribution >= 0.6 is 0 Å². The summed E-state index contributed by atoms with van der Waals surface area (Å²) in [5, 5.41) is 0.0119. The van der Waals surface area contributed by atoms with Gasteiger partial charge in [-0.15, -0.1) is 0 Å². The molecule has 4 aliphatic carbocycles. The molecule has 5 rings (SSSR count). The lowest BCUT2D eigenvalue weighted by molar-refractivity contribution is -0.117. The van der Waals surface area contributed by atoms with Gasteiger partial charge in [0.2, 0.25) is 0 Å². The monoisotopic (exact) mass is 396 g/mol. The molecular weight excluding hydrogens is 359 g/mol. The van der Waals surface area contributed by atoms with E-state index in [-0.39, 0.29) is 23.3 Å². The minimum Gasteiger partial charge on any atom is -0.537 e. The third kappa shape index (κ3) is 2.91. The normalized spacial score (nSPS) is 44.7. The molecule has 0 N–H and O–H groups in total. The van der Waals surface area contributed by atoms with Crippen LogP contribution in [0.5, 0.6) is 0 Å². The van der Waals surface area contributed by atoms with Crippen molar-refractivity contribution in [2.24, 2.45) is 28.6 Å². The zero-order chi connectivity index (χ0) is 20.6. The summed E-state index contributed by atoms with van der Waals surface area (Å²) in [6.45, 7) is 12.2. The lowest BCUT2D eigenvalue weighted by Crippen LogP contribution is -2.49. The van der Waals surface area contributed by atoms with Crippen LogP contribution in [0.25, 0.3) is 0 Å². The van der Waals surface area contributed by atoms with Gasteiger partial charge in [0.05, 0.1) is 6.61 Å². The first kappa shape index (κ1) is 19.9. The van der Waals surface area contributed by atoms with Crippen LogP contribution in [-0.2, 0) is 14.1 Å². The summed E-state index contributed by atoms with van der Waals surface area (Å²) in [6, 6.07) is 0. The Balaban J connectivity index is 1.43. The highest BCUT2D eigenvalue weighted by molar-refractivity contribution is 6.49. The van der Waals surface area contributed by atoms with Gasteiger partial charge in [0.15, 0.2) is 5.78 Å². The molecule has 0 radical (unpaired) electrons. The Hall–Kier alpha value is -1.03. The van der Waals surface area contributed by atoms with Crippen molar-refractivity contribution in [3.05, 3.63) is 23.0 Å². The molecule has 5 unspecified atom stereocenters. The molecule has 4 fully saturated rings. The molecule has 0 aromatic rings. The summed E-state index contributed by atoms with van der Waals surface area (Å²) < 4.78 is 12.4. The highest BCUT2D eigenvalue weighted by atomic mass is 16.6. The summed E-state index contributed by atoms with van der Waals surface area (Å²) in [7, 11) is -0.120. The van der Waals surface area contributed by atoms with Crippen LogP contribution in [0.1, 0.15) is 86.0 Å². The molecule has 5 atom stereocenters. The third-order valence-corrected chi connectivity index (χ3v) is 9.41. The van der Waals surface area contributed by atoms with E-state index in [0.717, 1.165) is 42.8 Å². The van der Waals surface area contributed by atoms with Crippen molar-refractivity contribution in [3.63, 3.8) is 0 Å². The Labute approximate surface area is 176 Å². The molecule has 3 saturated carbocycles. The summed E-state index contributed by atoms with van der Waals surface area (Å²) in [6.07, 6.45) is 11.3. The average molecular weight is 396 g/mol. The molecule has 0 spiro atoms. The zero-order valence-corrected chi connectivity index (χ0v) is 19.0. The predicted molar refractivity (Wildman–Crippen MR) is 116 cm³/mol. The Kier molecular flexibility index (Phi) is 4.45. The Morgan fingerprint density at radius 3 is 2.48 bits per heavy atom. The SMILES string of the molecule is CC(C)(C)B1OC/C(=C2/CCC3C4CCC5=CC(=O)CCC5(C)C4CCC23C)O1. The Morgan fingerprint density at radius 1 is 1.00 bits per heavy atom. The van der Waals surface area contributed by atoms with Gasteiger partial charge in [-0.1, -0.05) is 40.2 Å². The average Bonchev–Trinajstić information content (AvgIpc) is 3.26. The fourth-order valence-electron chi connectivity index (χ4n) is 7.76. The van der Waals surface area contributed by atoms with Crippen molar-refractivity contribution in [1.82, 2.24) is 0 Å². The molecule has 0 aromatic heterocycles. The van der Waals surface area contributed by atoms with E-state index in [2.05, 4.69) is 34.6 Å². The van der Waals surface area contributed by atoms with Gasteiger partial charge in [-0.05, 0) is 85.2 Å². The molecule has 158 valence electrons. The van der Waals surface area contributed by atoms with Crippen molar-refractivity contribution in [2.45, 2.75) is 91.3 Å².